The van der Waals surface area contributed by atoms with Gasteiger partial charge in [0, 0.05) is 12.5 Å². The van der Waals surface area contributed by atoms with E-state index in [0.717, 1.165) is 19.4 Å². The van der Waals surface area contributed by atoms with E-state index in [2.05, 4.69) is 44.7 Å². The van der Waals surface area contributed by atoms with Crippen LogP contribution in [0.25, 0.3) is 0 Å². The summed E-state index contributed by atoms with van der Waals surface area (Å²) in [4.78, 5) is 14.7. The Labute approximate surface area is 124 Å². The van der Waals surface area contributed by atoms with E-state index < -0.39 is 0 Å². The van der Waals surface area contributed by atoms with Gasteiger partial charge in [-0.15, -0.1) is 0 Å². The van der Waals surface area contributed by atoms with Crippen molar-refractivity contribution in [1.29, 1.82) is 0 Å². The number of hydrogen-bond donors (Lipinski definition) is 0. The number of amides is 1. The van der Waals surface area contributed by atoms with Crippen molar-refractivity contribution in [1.82, 2.24) is 4.90 Å². The predicted octanol–water partition coefficient (Wildman–Crippen LogP) is 4.67. The smallest absolute Gasteiger partial charge is 0.225 e. The van der Waals surface area contributed by atoms with E-state index in [9.17, 15) is 4.79 Å². The molecule has 0 N–H and O–H groups in total. The molecule has 2 heteroatoms. The van der Waals surface area contributed by atoms with Crippen molar-refractivity contribution in [2.75, 3.05) is 6.54 Å². The zero-order valence-corrected chi connectivity index (χ0v) is 13.6. The maximum absolute atomic E-state index is 12.7. The van der Waals surface area contributed by atoms with Gasteiger partial charge < -0.3 is 4.90 Å². The van der Waals surface area contributed by atoms with Crippen LogP contribution >= 0.6 is 0 Å². The molecule has 20 heavy (non-hydrogen) atoms. The number of nitrogens with zero attached hydrogens (tertiary/aromatic N) is 1. The molecule has 1 rings (SSSR count). The Balaban J connectivity index is 2.94. The van der Waals surface area contributed by atoms with Crippen molar-refractivity contribution in [3.63, 3.8) is 0 Å². The van der Waals surface area contributed by atoms with Crippen molar-refractivity contribution in [3.8, 4) is 0 Å². The van der Waals surface area contributed by atoms with Crippen LogP contribution in [0.15, 0.2) is 30.3 Å². The summed E-state index contributed by atoms with van der Waals surface area (Å²) in [6, 6.07) is 10.5. The van der Waals surface area contributed by atoms with Gasteiger partial charge in [0.1, 0.15) is 0 Å². The van der Waals surface area contributed by atoms with Crippen LogP contribution < -0.4 is 0 Å². The Bertz CT molecular complexity index is 401. The van der Waals surface area contributed by atoms with Crippen molar-refractivity contribution in [2.45, 2.75) is 53.5 Å². The maximum atomic E-state index is 12.7. The van der Waals surface area contributed by atoms with Gasteiger partial charge in [-0.25, -0.2) is 0 Å². The Morgan fingerprint density at radius 3 is 2.15 bits per heavy atom. The third-order valence-electron chi connectivity index (χ3n) is 4.27. The lowest BCUT2D eigenvalue weighted by atomic mass is 10.00. The lowest BCUT2D eigenvalue weighted by molar-refractivity contribution is -0.138. The number of carbonyl (C=O) groups excluding carboxylic acids is 1. The van der Waals surface area contributed by atoms with Crippen LogP contribution in [-0.2, 0) is 4.79 Å². The quantitative estimate of drug-likeness (QED) is 0.708. The van der Waals surface area contributed by atoms with Crippen LogP contribution in [0.1, 0.15) is 59.1 Å². The minimum atomic E-state index is 0.102. The molecule has 1 aromatic rings. The highest BCUT2D eigenvalue weighted by molar-refractivity contribution is 5.79. The van der Waals surface area contributed by atoms with Crippen LogP contribution in [-0.4, -0.2) is 17.4 Å². The van der Waals surface area contributed by atoms with Gasteiger partial charge in [0.2, 0.25) is 5.91 Å². The van der Waals surface area contributed by atoms with Gasteiger partial charge in [0.15, 0.2) is 0 Å². The zero-order valence-electron chi connectivity index (χ0n) is 13.6. The summed E-state index contributed by atoms with van der Waals surface area (Å²) in [6.07, 6.45) is 2.00. The molecule has 0 heterocycles. The molecular formula is C18H29NO. The standard InChI is InChI=1S/C18H29NO/c1-6-14(3)13-19(18(20)15(4)7-2)16(5)17-11-9-8-10-12-17/h8-12,14-16H,6-7,13H2,1-5H3/t14-,15?,16?/m0/s1. The minimum Gasteiger partial charge on any atom is -0.335 e. The van der Waals surface area contributed by atoms with Crippen LogP contribution in [0.4, 0.5) is 0 Å². The van der Waals surface area contributed by atoms with Gasteiger partial charge in [-0.2, -0.15) is 0 Å². The van der Waals surface area contributed by atoms with E-state index in [0.29, 0.717) is 5.92 Å². The fourth-order valence-corrected chi connectivity index (χ4v) is 2.27. The molecule has 0 spiro atoms. The molecule has 0 saturated heterocycles. The summed E-state index contributed by atoms with van der Waals surface area (Å²) in [5.41, 5.74) is 1.22. The van der Waals surface area contributed by atoms with Crippen LogP contribution in [0.5, 0.6) is 0 Å². The second kappa shape index (κ2) is 8.08. The third kappa shape index (κ3) is 4.36. The van der Waals surface area contributed by atoms with Gasteiger partial charge in [-0.05, 0) is 24.8 Å². The summed E-state index contributed by atoms with van der Waals surface area (Å²) < 4.78 is 0. The zero-order chi connectivity index (χ0) is 15.1. The van der Waals surface area contributed by atoms with Gasteiger partial charge in [0.25, 0.3) is 0 Å². The minimum absolute atomic E-state index is 0.102. The molecule has 0 aliphatic heterocycles. The van der Waals surface area contributed by atoms with Crippen LogP contribution in [0.3, 0.4) is 0 Å². The SMILES string of the molecule is CCC(C)C(=O)N(C[C@@H](C)CC)C(C)c1ccccc1. The molecule has 0 aliphatic carbocycles. The summed E-state index contributed by atoms with van der Waals surface area (Å²) in [5, 5.41) is 0. The summed E-state index contributed by atoms with van der Waals surface area (Å²) >= 11 is 0. The first-order valence-corrected chi connectivity index (χ1v) is 7.86. The molecule has 2 unspecified atom stereocenters. The van der Waals surface area contributed by atoms with Crippen molar-refractivity contribution in [3.05, 3.63) is 35.9 Å². The van der Waals surface area contributed by atoms with Crippen molar-refractivity contribution in [2.24, 2.45) is 11.8 Å². The number of hydrogen-bond acceptors (Lipinski definition) is 1. The molecule has 0 fully saturated rings. The van der Waals surface area contributed by atoms with Gasteiger partial charge >= 0.3 is 0 Å². The van der Waals surface area contributed by atoms with E-state index in [-0.39, 0.29) is 17.9 Å². The Kier molecular flexibility index (Phi) is 6.77. The van der Waals surface area contributed by atoms with Crippen molar-refractivity contribution < 1.29 is 4.79 Å². The fraction of sp³-hybridized carbons (Fsp3) is 0.611. The molecule has 2 nitrogen and oxygen atoms in total. The van der Waals surface area contributed by atoms with Crippen molar-refractivity contribution >= 4 is 5.91 Å². The second-order valence-corrected chi connectivity index (χ2v) is 5.90. The maximum Gasteiger partial charge on any atom is 0.225 e. The first-order valence-electron chi connectivity index (χ1n) is 7.86. The fourth-order valence-electron chi connectivity index (χ4n) is 2.27. The molecule has 1 amide bonds. The predicted molar refractivity (Wildman–Crippen MR) is 85.5 cm³/mol. The molecule has 0 saturated carbocycles. The molecule has 0 aliphatic rings. The highest BCUT2D eigenvalue weighted by Crippen LogP contribution is 2.24. The van der Waals surface area contributed by atoms with E-state index in [4.69, 9.17) is 0 Å². The lowest BCUT2D eigenvalue weighted by Crippen LogP contribution is -2.39. The third-order valence-corrected chi connectivity index (χ3v) is 4.27. The Hall–Kier alpha value is -1.31. The number of benzene rings is 1. The summed E-state index contributed by atoms with van der Waals surface area (Å²) in [7, 11) is 0. The van der Waals surface area contributed by atoms with Crippen LogP contribution in [0.2, 0.25) is 0 Å². The van der Waals surface area contributed by atoms with E-state index >= 15 is 0 Å². The largest absolute Gasteiger partial charge is 0.335 e. The highest BCUT2D eigenvalue weighted by atomic mass is 16.2. The Morgan fingerprint density at radius 1 is 1.05 bits per heavy atom. The van der Waals surface area contributed by atoms with E-state index in [1.807, 2.05) is 25.1 Å². The average molecular weight is 275 g/mol. The Morgan fingerprint density at radius 2 is 1.65 bits per heavy atom. The molecule has 0 bridgehead atoms. The number of rotatable bonds is 7. The molecule has 0 radical (unpaired) electrons. The lowest BCUT2D eigenvalue weighted by Gasteiger charge is -2.33. The summed E-state index contributed by atoms with van der Waals surface area (Å²) in [5.74, 6) is 0.920. The monoisotopic (exact) mass is 275 g/mol. The second-order valence-electron chi connectivity index (χ2n) is 5.90. The average Bonchev–Trinajstić information content (AvgIpc) is 2.50. The van der Waals surface area contributed by atoms with Crippen LogP contribution in [0, 0.1) is 11.8 Å². The summed E-state index contributed by atoms with van der Waals surface area (Å²) in [6.45, 7) is 11.5. The number of carbonyl (C=O) groups is 1. The first kappa shape index (κ1) is 16.7. The normalized spacial score (nSPS) is 15.4. The first-order chi connectivity index (χ1) is 9.51. The molecule has 1 aromatic carbocycles. The molecule has 112 valence electrons. The van der Waals surface area contributed by atoms with Gasteiger partial charge in [-0.3, -0.25) is 4.79 Å². The van der Waals surface area contributed by atoms with Gasteiger partial charge in [0.05, 0.1) is 6.04 Å². The topological polar surface area (TPSA) is 20.3 Å². The molecule has 3 atom stereocenters. The molecular weight excluding hydrogens is 246 g/mol. The van der Waals surface area contributed by atoms with E-state index in [1.54, 1.807) is 0 Å². The highest BCUT2D eigenvalue weighted by Gasteiger charge is 2.25. The van der Waals surface area contributed by atoms with E-state index in [1.165, 1.54) is 5.56 Å². The van der Waals surface area contributed by atoms with Gasteiger partial charge in [-0.1, -0.05) is 64.4 Å². The molecule has 0 aromatic heterocycles.